The SMILES string of the molecule is COc1ccc2c(c1)OC(Br)O2. The van der Waals surface area contributed by atoms with E-state index in [0.717, 1.165) is 11.5 Å². The van der Waals surface area contributed by atoms with Crippen molar-refractivity contribution in [1.82, 2.24) is 0 Å². The highest BCUT2D eigenvalue weighted by Crippen LogP contribution is 2.38. The quantitative estimate of drug-likeness (QED) is 0.693. The lowest BCUT2D eigenvalue weighted by Gasteiger charge is -1.99. The van der Waals surface area contributed by atoms with Gasteiger partial charge in [0.25, 0.3) is 5.20 Å². The number of hydrogen-bond donors (Lipinski definition) is 0. The molecular weight excluding hydrogens is 224 g/mol. The van der Waals surface area contributed by atoms with Gasteiger partial charge in [0, 0.05) is 22.0 Å². The monoisotopic (exact) mass is 230 g/mol. The van der Waals surface area contributed by atoms with Gasteiger partial charge in [-0.2, -0.15) is 0 Å². The van der Waals surface area contributed by atoms with Crippen LogP contribution >= 0.6 is 15.9 Å². The van der Waals surface area contributed by atoms with E-state index in [4.69, 9.17) is 14.2 Å². The number of methoxy groups -OCH3 is 1. The molecule has 4 heteroatoms. The summed E-state index contributed by atoms with van der Waals surface area (Å²) in [7, 11) is 1.61. The van der Waals surface area contributed by atoms with Crippen LogP contribution in [0.2, 0.25) is 0 Å². The topological polar surface area (TPSA) is 27.7 Å². The molecule has 0 fully saturated rings. The third kappa shape index (κ3) is 1.22. The molecule has 0 amide bonds. The molecule has 2 rings (SSSR count). The van der Waals surface area contributed by atoms with Gasteiger partial charge in [0.2, 0.25) is 0 Å². The summed E-state index contributed by atoms with van der Waals surface area (Å²) in [5.41, 5.74) is 0. The normalized spacial score (nSPS) is 19.3. The second-order valence-corrected chi connectivity index (χ2v) is 3.07. The second kappa shape index (κ2) is 2.86. The minimum absolute atomic E-state index is 0.375. The molecule has 0 N–H and O–H groups in total. The molecule has 0 saturated carbocycles. The summed E-state index contributed by atoms with van der Waals surface area (Å²) in [5.74, 6) is 2.20. The lowest BCUT2D eigenvalue weighted by molar-refractivity contribution is 0.143. The zero-order chi connectivity index (χ0) is 8.55. The molecule has 0 saturated heterocycles. The Kier molecular flexibility index (Phi) is 1.84. The van der Waals surface area contributed by atoms with E-state index in [9.17, 15) is 0 Å². The van der Waals surface area contributed by atoms with Crippen LogP contribution in [0.1, 0.15) is 0 Å². The predicted molar refractivity (Wildman–Crippen MR) is 47.0 cm³/mol. The third-order valence-electron chi connectivity index (χ3n) is 1.59. The fourth-order valence-electron chi connectivity index (χ4n) is 1.03. The molecule has 1 unspecified atom stereocenters. The molecule has 12 heavy (non-hydrogen) atoms. The first kappa shape index (κ1) is 7.73. The zero-order valence-corrected chi connectivity index (χ0v) is 8.00. The van der Waals surface area contributed by atoms with Crippen LogP contribution < -0.4 is 14.2 Å². The standard InChI is InChI=1S/C8H7BrO3/c1-10-5-2-3-6-7(4-5)12-8(9)11-6/h2-4,8H,1H3. The van der Waals surface area contributed by atoms with Crippen LogP contribution in [-0.2, 0) is 0 Å². The average Bonchev–Trinajstić information content (AvgIpc) is 2.43. The molecule has 0 aromatic heterocycles. The lowest BCUT2D eigenvalue weighted by atomic mass is 10.3. The molecule has 1 aromatic rings. The Labute approximate surface area is 78.4 Å². The first-order valence-electron chi connectivity index (χ1n) is 3.45. The number of benzene rings is 1. The van der Waals surface area contributed by atoms with Crippen molar-refractivity contribution in [2.45, 2.75) is 5.20 Å². The second-order valence-electron chi connectivity index (χ2n) is 2.32. The van der Waals surface area contributed by atoms with Crippen molar-refractivity contribution in [3.05, 3.63) is 18.2 Å². The van der Waals surface area contributed by atoms with Gasteiger partial charge in [-0.05, 0) is 12.1 Å². The first-order chi connectivity index (χ1) is 5.79. The number of fused-ring (bicyclic) bond motifs is 1. The molecule has 3 nitrogen and oxygen atoms in total. The highest BCUT2D eigenvalue weighted by molar-refractivity contribution is 9.09. The molecule has 1 atom stereocenters. The zero-order valence-electron chi connectivity index (χ0n) is 6.41. The van der Waals surface area contributed by atoms with Gasteiger partial charge in [-0.15, -0.1) is 0 Å². The van der Waals surface area contributed by atoms with Crippen LogP contribution in [0, 0.1) is 0 Å². The largest absolute Gasteiger partial charge is 0.497 e. The Hall–Kier alpha value is -0.900. The highest BCUT2D eigenvalue weighted by atomic mass is 79.9. The molecule has 1 aliphatic heterocycles. The number of halogens is 1. The van der Waals surface area contributed by atoms with Crippen LogP contribution in [-0.4, -0.2) is 12.3 Å². The van der Waals surface area contributed by atoms with E-state index in [-0.39, 0.29) is 5.20 Å². The molecule has 0 radical (unpaired) electrons. The molecule has 0 bridgehead atoms. The Morgan fingerprint density at radius 3 is 2.83 bits per heavy atom. The summed E-state index contributed by atoms with van der Waals surface area (Å²) in [5, 5.41) is -0.375. The highest BCUT2D eigenvalue weighted by Gasteiger charge is 2.21. The molecule has 0 aliphatic carbocycles. The molecule has 64 valence electrons. The van der Waals surface area contributed by atoms with E-state index < -0.39 is 0 Å². The van der Waals surface area contributed by atoms with Gasteiger partial charge in [0.15, 0.2) is 11.5 Å². The summed E-state index contributed by atoms with van der Waals surface area (Å²) in [6.07, 6.45) is 0. The molecule has 1 aromatic carbocycles. The van der Waals surface area contributed by atoms with E-state index in [1.165, 1.54) is 0 Å². The Morgan fingerprint density at radius 2 is 2.08 bits per heavy atom. The summed E-state index contributed by atoms with van der Waals surface area (Å²) < 4.78 is 15.5. The van der Waals surface area contributed by atoms with Crippen LogP contribution in [0.4, 0.5) is 0 Å². The Morgan fingerprint density at radius 1 is 1.33 bits per heavy atom. The first-order valence-corrected chi connectivity index (χ1v) is 4.36. The van der Waals surface area contributed by atoms with Gasteiger partial charge in [-0.25, -0.2) is 0 Å². The van der Waals surface area contributed by atoms with Gasteiger partial charge in [-0.3, -0.25) is 0 Å². The molecule has 0 spiro atoms. The molecule has 1 heterocycles. The summed E-state index contributed by atoms with van der Waals surface area (Å²) in [6.45, 7) is 0. The Bertz CT molecular complexity index is 300. The van der Waals surface area contributed by atoms with Crippen molar-refractivity contribution in [1.29, 1.82) is 0 Å². The van der Waals surface area contributed by atoms with Crippen molar-refractivity contribution in [2.75, 3.05) is 7.11 Å². The van der Waals surface area contributed by atoms with Gasteiger partial charge in [-0.1, -0.05) is 0 Å². The van der Waals surface area contributed by atoms with Crippen LogP contribution in [0.25, 0.3) is 0 Å². The maximum absolute atomic E-state index is 5.26. The Balaban J connectivity index is 2.35. The van der Waals surface area contributed by atoms with Gasteiger partial charge >= 0.3 is 0 Å². The summed E-state index contributed by atoms with van der Waals surface area (Å²) in [6, 6.07) is 5.43. The average molecular weight is 231 g/mol. The van der Waals surface area contributed by atoms with Crippen molar-refractivity contribution in [2.24, 2.45) is 0 Å². The predicted octanol–water partition coefficient (Wildman–Crippen LogP) is 2.14. The van der Waals surface area contributed by atoms with Gasteiger partial charge in [0.05, 0.1) is 7.11 Å². The lowest BCUT2D eigenvalue weighted by Crippen LogP contribution is -2.06. The number of alkyl halides is 1. The molecule has 1 aliphatic rings. The summed E-state index contributed by atoms with van der Waals surface area (Å²) >= 11 is 3.18. The number of rotatable bonds is 1. The number of hydrogen-bond acceptors (Lipinski definition) is 3. The fraction of sp³-hybridized carbons (Fsp3) is 0.250. The van der Waals surface area contributed by atoms with Crippen molar-refractivity contribution < 1.29 is 14.2 Å². The smallest absolute Gasteiger partial charge is 0.298 e. The van der Waals surface area contributed by atoms with E-state index in [1.807, 2.05) is 12.1 Å². The van der Waals surface area contributed by atoms with E-state index >= 15 is 0 Å². The van der Waals surface area contributed by atoms with Crippen LogP contribution in [0.15, 0.2) is 18.2 Å². The summed E-state index contributed by atoms with van der Waals surface area (Å²) in [4.78, 5) is 0. The van der Waals surface area contributed by atoms with Gasteiger partial charge in [0.1, 0.15) is 5.75 Å². The minimum atomic E-state index is -0.375. The van der Waals surface area contributed by atoms with E-state index in [0.29, 0.717) is 5.75 Å². The number of ether oxygens (including phenoxy) is 3. The maximum atomic E-state index is 5.26. The van der Waals surface area contributed by atoms with Crippen molar-refractivity contribution in [3.63, 3.8) is 0 Å². The van der Waals surface area contributed by atoms with E-state index in [1.54, 1.807) is 13.2 Å². The molecular formula is C8H7BrO3. The maximum Gasteiger partial charge on any atom is 0.298 e. The fourth-order valence-corrected chi connectivity index (χ4v) is 1.43. The van der Waals surface area contributed by atoms with Crippen LogP contribution in [0.3, 0.4) is 0 Å². The minimum Gasteiger partial charge on any atom is -0.497 e. The van der Waals surface area contributed by atoms with Crippen molar-refractivity contribution >= 4 is 15.9 Å². The van der Waals surface area contributed by atoms with Crippen molar-refractivity contribution in [3.8, 4) is 17.2 Å². The third-order valence-corrected chi connectivity index (χ3v) is 1.96. The van der Waals surface area contributed by atoms with Gasteiger partial charge < -0.3 is 14.2 Å². The van der Waals surface area contributed by atoms with E-state index in [2.05, 4.69) is 15.9 Å². The van der Waals surface area contributed by atoms with Crippen LogP contribution in [0.5, 0.6) is 17.2 Å².